The summed E-state index contributed by atoms with van der Waals surface area (Å²) in [5.41, 5.74) is 6.38. The van der Waals surface area contributed by atoms with Crippen LogP contribution in [0.1, 0.15) is 18.4 Å². The average molecular weight is 396 g/mol. The number of aromatic amines is 1. The second-order valence-electron chi connectivity index (χ2n) is 8.27. The SMILES string of the molecule is c1ccc(CCNC2CCN(c3cccc(-c4cc5ccccc5[nH]4)c3)CC2)cc1. The first-order chi connectivity index (χ1) is 14.8. The van der Waals surface area contributed by atoms with Crippen LogP contribution >= 0.6 is 0 Å². The highest BCUT2D eigenvalue weighted by Crippen LogP contribution is 2.28. The van der Waals surface area contributed by atoms with Crippen molar-refractivity contribution in [2.45, 2.75) is 25.3 Å². The van der Waals surface area contributed by atoms with E-state index < -0.39 is 0 Å². The molecule has 0 bridgehead atoms. The van der Waals surface area contributed by atoms with Crippen molar-refractivity contribution < 1.29 is 0 Å². The van der Waals surface area contributed by atoms with Crippen LogP contribution in [0.5, 0.6) is 0 Å². The molecule has 3 aromatic carbocycles. The highest BCUT2D eigenvalue weighted by atomic mass is 15.1. The molecule has 4 aromatic rings. The molecule has 2 heterocycles. The number of nitrogens with one attached hydrogen (secondary N) is 2. The van der Waals surface area contributed by atoms with E-state index in [1.165, 1.54) is 46.3 Å². The van der Waals surface area contributed by atoms with Gasteiger partial charge in [-0.3, -0.25) is 0 Å². The Kier molecular flexibility index (Phi) is 5.54. The summed E-state index contributed by atoms with van der Waals surface area (Å²) in [6, 6.07) is 31.1. The van der Waals surface area contributed by atoms with E-state index in [1.54, 1.807) is 0 Å². The molecule has 0 atom stereocenters. The van der Waals surface area contributed by atoms with Crippen molar-refractivity contribution in [3.8, 4) is 11.3 Å². The van der Waals surface area contributed by atoms with Crippen LogP contribution in [0, 0.1) is 0 Å². The lowest BCUT2D eigenvalue weighted by Gasteiger charge is -2.34. The van der Waals surface area contributed by atoms with Crippen molar-refractivity contribution in [1.82, 2.24) is 10.3 Å². The van der Waals surface area contributed by atoms with Crippen LogP contribution in [0.2, 0.25) is 0 Å². The highest BCUT2D eigenvalue weighted by Gasteiger charge is 2.19. The van der Waals surface area contributed by atoms with E-state index in [9.17, 15) is 0 Å². The summed E-state index contributed by atoms with van der Waals surface area (Å²) in [4.78, 5) is 6.09. The first kappa shape index (κ1) is 19.0. The zero-order valence-corrected chi connectivity index (χ0v) is 17.4. The maximum absolute atomic E-state index is 3.76. The number of para-hydroxylation sites is 1. The van der Waals surface area contributed by atoms with Crippen LogP contribution in [0.15, 0.2) is 84.9 Å². The maximum Gasteiger partial charge on any atom is 0.0465 e. The van der Waals surface area contributed by atoms with Crippen molar-refractivity contribution in [2.75, 3.05) is 24.5 Å². The summed E-state index contributed by atoms with van der Waals surface area (Å²) in [5.74, 6) is 0. The summed E-state index contributed by atoms with van der Waals surface area (Å²) in [6.45, 7) is 3.28. The normalized spacial score (nSPS) is 15.0. The zero-order chi connectivity index (χ0) is 20.2. The fourth-order valence-electron chi connectivity index (χ4n) is 4.51. The zero-order valence-electron chi connectivity index (χ0n) is 17.4. The number of anilines is 1. The van der Waals surface area contributed by atoms with Gasteiger partial charge in [0.05, 0.1) is 0 Å². The molecule has 30 heavy (non-hydrogen) atoms. The van der Waals surface area contributed by atoms with E-state index >= 15 is 0 Å². The fraction of sp³-hybridized carbons (Fsp3) is 0.259. The minimum atomic E-state index is 0.627. The van der Waals surface area contributed by atoms with Gasteiger partial charge in [-0.05, 0) is 61.2 Å². The summed E-state index contributed by atoms with van der Waals surface area (Å²) in [7, 11) is 0. The first-order valence-corrected chi connectivity index (χ1v) is 11.1. The third-order valence-corrected chi connectivity index (χ3v) is 6.24. The molecule has 5 rings (SSSR count). The fourth-order valence-corrected chi connectivity index (χ4v) is 4.51. The van der Waals surface area contributed by atoms with Crippen LogP contribution in [-0.4, -0.2) is 30.7 Å². The number of H-pyrrole nitrogens is 1. The van der Waals surface area contributed by atoms with E-state index in [0.717, 1.165) is 26.1 Å². The average Bonchev–Trinajstić information content (AvgIpc) is 3.25. The van der Waals surface area contributed by atoms with Crippen molar-refractivity contribution in [3.05, 3.63) is 90.5 Å². The topological polar surface area (TPSA) is 31.1 Å². The van der Waals surface area contributed by atoms with E-state index in [2.05, 4.69) is 100 Å². The number of hydrogen-bond acceptors (Lipinski definition) is 2. The smallest absolute Gasteiger partial charge is 0.0465 e. The summed E-state index contributed by atoms with van der Waals surface area (Å²) in [5, 5.41) is 5.03. The molecule has 3 heteroatoms. The van der Waals surface area contributed by atoms with Crippen molar-refractivity contribution in [3.63, 3.8) is 0 Å². The molecular formula is C27H29N3. The molecule has 1 saturated heterocycles. The summed E-state index contributed by atoms with van der Waals surface area (Å²) in [6.07, 6.45) is 3.50. The van der Waals surface area contributed by atoms with Gasteiger partial charge in [0.2, 0.25) is 0 Å². The molecule has 0 saturated carbocycles. The Bertz CT molecular complexity index is 1060. The summed E-state index contributed by atoms with van der Waals surface area (Å²) >= 11 is 0. The Hall–Kier alpha value is -3.04. The molecule has 3 nitrogen and oxygen atoms in total. The third kappa shape index (κ3) is 4.27. The minimum absolute atomic E-state index is 0.627. The number of aromatic nitrogens is 1. The molecule has 1 aliphatic rings. The van der Waals surface area contributed by atoms with Gasteiger partial charge < -0.3 is 15.2 Å². The lowest BCUT2D eigenvalue weighted by Crippen LogP contribution is -2.43. The largest absolute Gasteiger partial charge is 0.371 e. The monoisotopic (exact) mass is 395 g/mol. The van der Waals surface area contributed by atoms with Crippen LogP contribution in [0.4, 0.5) is 5.69 Å². The van der Waals surface area contributed by atoms with Gasteiger partial charge in [-0.2, -0.15) is 0 Å². The predicted molar refractivity (Wildman–Crippen MR) is 127 cm³/mol. The maximum atomic E-state index is 3.76. The minimum Gasteiger partial charge on any atom is -0.371 e. The molecule has 2 N–H and O–H groups in total. The van der Waals surface area contributed by atoms with Crippen LogP contribution < -0.4 is 10.2 Å². The quantitative estimate of drug-likeness (QED) is 0.443. The molecule has 0 aliphatic carbocycles. The van der Waals surface area contributed by atoms with Gasteiger partial charge in [-0.15, -0.1) is 0 Å². The molecule has 1 aromatic heterocycles. The van der Waals surface area contributed by atoms with E-state index in [1.807, 2.05) is 0 Å². The van der Waals surface area contributed by atoms with Crippen LogP contribution in [0.25, 0.3) is 22.2 Å². The molecule has 1 fully saturated rings. The second-order valence-corrected chi connectivity index (χ2v) is 8.27. The van der Waals surface area contributed by atoms with Gasteiger partial charge in [0.25, 0.3) is 0 Å². The first-order valence-electron chi connectivity index (χ1n) is 11.1. The molecule has 0 unspecified atom stereocenters. The van der Waals surface area contributed by atoms with Crippen molar-refractivity contribution >= 4 is 16.6 Å². The molecule has 0 amide bonds. The van der Waals surface area contributed by atoms with Crippen LogP contribution in [-0.2, 0) is 6.42 Å². The number of fused-ring (bicyclic) bond motifs is 1. The molecular weight excluding hydrogens is 366 g/mol. The van der Waals surface area contributed by atoms with E-state index in [0.29, 0.717) is 6.04 Å². The molecule has 152 valence electrons. The lowest BCUT2D eigenvalue weighted by molar-refractivity contribution is 0.417. The Morgan fingerprint density at radius 3 is 2.47 bits per heavy atom. The molecule has 1 aliphatic heterocycles. The summed E-state index contributed by atoms with van der Waals surface area (Å²) < 4.78 is 0. The number of benzene rings is 3. The molecule has 0 spiro atoms. The predicted octanol–water partition coefficient (Wildman–Crippen LogP) is 5.64. The Morgan fingerprint density at radius 1 is 0.833 bits per heavy atom. The van der Waals surface area contributed by atoms with Gasteiger partial charge in [0.15, 0.2) is 0 Å². The van der Waals surface area contributed by atoms with Gasteiger partial charge in [-0.25, -0.2) is 0 Å². The lowest BCUT2D eigenvalue weighted by atomic mass is 10.0. The number of nitrogens with zero attached hydrogens (tertiary/aromatic N) is 1. The van der Waals surface area contributed by atoms with Crippen molar-refractivity contribution in [1.29, 1.82) is 0 Å². The Morgan fingerprint density at radius 2 is 1.63 bits per heavy atom. The Balaban J connectivity index is 1.19. The number of hydrogen-bond donors (Lipinski definition) is 2. The Labute approximate surface area is 178 Å². The van der Waals surface area contributed by atoms with E-state index in [4.69, 9.17) is 0 Å². The highest BCUT2D eigenvalue weighted by molar-refractivity contribution is 5.86. The van der Waals surface area contributed by atoms with Gasteiger partial charge in [0, 0.05) is 41.4 Å². The second kappa shape index (κ2) is 8.76. The van der Waals surface area contributed by atoms with Crippen molar-refractivity contribution in [2.24, 2.45) is 0 Å². The van der Waals surface area contributed by atoms with Gasteiger partial charge in [0.1, 0.15) is 0 Å². The van der Waals surface area contributed by atoms with Crippen LogP contribution in [0.3, 0.4) is 0 Å². The third-order valence-electron chi connectivity index (χ3n) is 6.24. The van der Waals surface area contributed by atoms with Gasteiger partial charge in [-0.1, -0.05) is 60.7 Å². The standard InChI is InChI=1S/C27H29N3/c1-2-7-21(8-3-1)13-16-28-24-14-17-30(18-15-24)25-11-6-10-22(19-25)27-20-23-9-4-5-12-26(23)29-27/h1-12,19-20,24,28-29H,13-18H2. The van der Waals surface area contributed by atoms with E-state index in [-0.39, 0.29) is 0 Å². The number of piperidine rings is 1. The van der Waals surface area contributed by atoms with Gasteiger partial charge >= 0.3 is 0 Å². The number of rotatable bonds is 6. The molecule has 0 radical (unpaired) electrons.